The summed E-state index contributed by atoms with van der Waals surface area (Å²) in [4.78, 5) is 8.14. The number of imidazole rings is 1. The average molecular weight is 227 g/mol. The van der Waals surface area contributed by atoms with Crippen LogP contribution in [0.5, 0.6) is 0 Å². The fraction of sp³-hybridized carbons (Fsp3) is 0.357. The van der Waals surface area contributed by atoms with E-state index in [1.54, 1.807) is 0 Å². The Morgan fingerprint density at radius 2 is 2.18 bits per heavy atom. The zero-order valence-corrected chi connectivity index (χ0v) is 10.0. The lowest BCUT2D eigenvalue weighted by Crippen LogP contribution is -2.27. The molecule has 1 aliphatic rings. The van der Waals surface area contributed by atoms with Crippen molar-refractivity contribution in [3.05, 3.63) is 41.2 Å². The van der Waals surface area contributed by atoms with Gasteiger partial charge in [-0.2, -0.15) is 0 Å². The van der Waals surface area contributed by atoms with E-state index in [0.29, 0.717) is 0 Å². The van der Waals surface area contributed by atoms with E-state index in [1.807, 2.05) is 0 Å². The van der Waals surface area contributed by atoms with Gasteiger partial charge in [0.05, 0.1) is 5.69 Å². The number of aryl methyl sites for hydroxylation is 2. The number of H-pyrrole nitrogens is 1. The molecule has 0 spiro atoms. The van der Waals surface area contributed by atoms with Crippen LogP contribution in [-0.2, 0) is 12.8 Å². The first-order valence-electron chi connectivity index (χ1n) is 6.13. The molecule has 0 saturated heterocycles. The minimum absolute atomic E-state index is 0.285. The first kappa shape index (κ1) is 10.5. The summed E-state index contributed by atoms with van der Waals surface area (Å²) in [5.74, 6) is 0.988. The Morgan fingerprint density at radius 1 is 1.35 bits per heavy atom. The fourth-order valence-electron chi connectivity index (χ4n) is 2.47. The van der Waals surface area contributed by atoms with Crippen LogP contribution in [0.2, 0.25) is 0 Å². The predicted molar refractivity (Wildman–Crippen MR) is 68.8 cm³/mol. The summed E-state index contributed by atoms with van der Waals surface area (Å²) in [5, 5.41) is 0. The summed E-state index contributed by atoms with van der Waals surface area (Å²) < 4.78 is 0. The van der Waals surface area contributed by atoms with Crippen LogP contribution in [0.4, 0.5) is 0 Å². The number of aromatic nitrogens is 2. The van der Waals surface area contributed by atoms with Crippen molar-refractivity contribution in [2.75, 3.05) is 0 Å². The van der Waals surface area contributed by atoms with Crippen LogP contribution in [0, 0.1) is 6.92 Å². The third-order valence-corrected chi connectivity index (χ3v) is 3.48. The van der Waals surface area contributed by atoms with Crippen molar-refractivity contribution in [3.8, 4) is 11.4 Å². The molecule has 1 atom stereocenters. The lowest BCUT2D eigenvalue weighted by Gasteiger charge is -2.15. The summed E-state index contributed by atoms with van der Waals surface area (Å²) in [7, 11) is 0. The molecule has 1 aromatic heterocycles. The number of nitrogens with one attached hydrogen (secondary N) is 1. The molecule has 3 nitrogen and oxygen atoms in total. The first-order chi connectivity index (χ1) is 8.24. The van der Waals surface area contributed by atoms with Crippen LogP contribution in [0.3, 0.4) is 0 Å². The normalized spacial score (nSPS) is 19.1. The van der Waals surface area contributed by atoms with Crippen molar-refractivity contribution in [2.45, 2.75) is 32.2 Å². The minimum atomic E-state index is 0.285. The van der Waals surface area contributed by atoms with Crippen molar-refractivity contribution in [2.24, 2.45) is 5.73 Å². The molecule has 3 heteroatoms. The van der Waals surface area contributed by atoms with E-state index < -0.39 is 0 Å². The third-order valence-electron chi connectivity index (χ3n) is 3.48. The van der Waals surface area contributed by atoms with E-state index in [-0.39, 0.29) is 6.04 Å². The molecule has 3 N–H and O–H groups in total. The molecular weight excluding hydrogens is 210 g/mol. The van der Waals surface area contributed by atoms with Gasteiger partial charge in [-0.1, -0.05) is 24.3 Å². The Balaban J connectivity index is 2.03. The van der Waals surface area contributed by atoms with Crippen LogP contribution < -0.4 is 5.73 Å². The van der Waals surface area contributed by atoms with Gasteiger partial charge in [-0.15, -0.1) is 0 Å². The molecule has 0 saturated carbocycles. The van der Waals surface area contributed by atoms with Crippen LogP contribution in [0.1, 0.15) is 23.4 Å². The molecule has 1 aromatic carbocycles. The van der Waals surface area contributed by atoms with Crippen molar-refractivity contribution in [1.29, 1.82) is 0 Å². The molecule has 0 radical (unpaired) electrons. The second-order valence-electron chi connectivity index (χ2n) is 4.83. The van der Waals surface area contributed by atoms with Gasteiger partial charge in [0.25, 0.3) is 0 Å². The minimum Gasteiger partial charge on any atom is -0.342 e. The molecule has 3 rings (SSSR count). The average Bonchev–Trinajstić information content (AvgIpc) is 2.72. The zero-order valence-electron chi connectivity index (χ0n) is 10.0. The topological polar surface area (TPSA) is 54.7 Å². The van der Waals surface area contributed by atoms with Crippen LogP contribution in [0.15, 0.2) is 24.3 Å². The molecule has 1 heterocycles. The number of rotatable bonds is 1. The van der Waals surface area contributed by atoms with Crippen LogP contribution in [0.25, 0.3) is 11.4 Å². The van der Waals surface area contributed by atoms with Crippen molar-refractivity contribution >= 4 is 0 Å². The molecule has 1 aliphatic carbocycles. The summed E-state index contributed by atoms with van der Waals surface area (Å²) in [6.45, 7) is 2.11. The van der Waals surface area contributed by atoms with Crippen molar-refractivity contribution in [1.82, 2.24) is 9.97 Å². The number of benzene rings is 1. The number of hydrogen-bond donors (Lipinski definition) is 2. The number of nitrogens with two attached hydrogens (primary N) is 1. The Kier molecular flexibility index (Phi) is 2.48. The van der Waals surface area contributed by atoms with Gasteiger partial charge in [0.1, 0.15) is 5.82 Å². The van der Waals surface area contributed by atoms with Gasteiger partial charge in [-0.05, 0) is 25.3 Å². The molecule has 1 unspecified atom stereocenters. The first-order valence-corrected chi connectivity index (χ1v) is 6.13. The monoisotopic (exact) mass is 227 g/mol. The van der Waals surface area contributed by atoms with Crippen LogP contribution in [-0.4, -0.2) is 16.0 Å². The van der Waals surface area contributed by atoms with E-state index in [0.717, 1.165) is 25.1 Å². The largest absolute Gasteiger partial charge is 0.342 e. The maximum absolute atomic E-state index is 5.98. The van der Waals surface area contributed by atoms with Gasteiger partial charge in [0.15, 0.2) is 0 Å². The second-order valence-corrected chi connectivity index (χ2v) is 4.83. The van der Waals surface area contributed by atoms with Gasteiger partial charge < -0.3 is 10.7 Å². The standard InChI is InChI=1S/C14H17N3/c1-9-4-2-3-5-11(9)14-16-12-7-6-10(15)8-13(12)17-14/h2-5,10H,6-8,15H2,1H3,(H,16,17). The Bertz CT molecular complexity index is 542. The second kappa shape index (κ2) is 4.00. The summed E-state index contributed by atoms with van der Waals surface area (Å²) in [6.07, 6.45) is 2.97. The van der Waals surface area contributed by atoms with Crippen molar-refractivity contribution < 1.29 is 0 Å². The van der Waals surface area contributed by atoms with E-state index in [9.17, 15) is 0 Å². The van der Waals surface area contributed by atoms with E-state index in [1.165, 1.54) is 22.5 Å². The lowest BCUT2D eigenvalue weighted by molar-refractivity contribution is 0.565. The fourth-order valence-corrected chi connectivity index (χ4v) is 2.47. The maximum atomic E-state index is 5.98. The lowest BCUT2D eigenvalue weighted by atomic mass is 9.97. The number of nitrogens with zero attached hydrogens (tertiary/aromatic N) is 1. The highest BCUT2D eigenvalue weighted by molar-refractivity contribution is 5.60. The van der Waals surface area contributed by atoms with Gasteiger partial charge in [-0.25, -0.2) is 4.98 Å². The van der Waals surface area contributed by atoms with Gasteiger partial charge >= 0.3 is 0 Å². The third kappa shape index (κ3) is 1.87. The van der Waals surface area contributed by atoms with Gasteiger partial charge in [0, 0.05) is 23.7 Å². The molecular formula is C14H17N3. The van der Waals surface area contributed by atoms with E-state index >= 15 is 0 Å². The molecule has 0 aliphatic heterocycles. The molecule has 0 bridgehead atoms. The molecule has 0 amide bonds. The summed E-state index contributed by atoms with van der Waals surface area (Å²) >= 11 is 0. The smallest absolute Gasteiger partial charge is 0.138 e. The highest BCUT2D eigenvalue weighted by Gasteiger charge is 2.20. The Labute approximate surface area is 101 Å². The SMILES string of the molecule is Cc1ccccc1-c1nc2c([nH]1)CC(N)CC2. The number of aromatic amines is 1. The van der Waals surface area contributed by atoms with Gasteiger partial charge in [0.2, 0.25) is 0 Å². The van der Waals surface area contributed by atoms with E-state index in [2.05, 4.69) is 36.2 Å². The summed E-state index contributed by atoms with van der Waals surface area (Å²) in [6, 6.07) is 8.61. The quantitative estimate of drug-likeness (QED) is 0.784. The van der Waals surface area contributed by atoms with E-state index in [4.69, 9.17) is 10.7 Å². The molecule has 17 heavy (non-hydrogen) atoms. The molecule has 2 aromatic rings. The number of fused-ring (bicyclic) bond motifs is 1. The highest BCUT2D eigenvalue weighted by atomic mass is 14.9. The molecule has 88 valence electrons. The number of hydrogen-bond acceptors (Lipinski definition) is 2. The highest BCUT2D eigenvalue weighted by Crippen LogP contribution is 2.25. The summed E-state index contributed by atoms with van der Waals surface area (Å²) in [5.41, 5.74) is 10.8. The molecule has 0 fully saturated rings. The Morgan fingerprint density at radius 3 is 3.00 bits per heavy atom. The van der Waals surface area contributed by atoms with Gasteiger partial charge in [-0.3, -0.25) is 0 Å². The predicted octanol–water partition coefficient (Wildman–Crippen LogP) is 2.20. The van der Waals surface area contributed by atoms with Crippen LogP contribution >= 0.6 is 0 Å². The maximum Gasteiger partial charge on any atom is 0.138 e. The van der Waals surface area contributed by atoms with Crippen molar-refractivity contribution in [3.63, 3.8) is 0 Å². The zero-order chi connectivity index (χ0) is 11.8. The Hall–Kier alpha value is -1.61.